The molecule has 0 aromatic heterocycles. The van der Waals surface area contributed by atoms with Crippen LogP contribution in [0.1, 0.15) is 50.8 Å². The van der Waals surface area contributed by atoms with Gasteiger partial charge < -0.3 is 10.5 Å². The molecule has 1 aromatic rings. The topological polar surface area (TPSA) is 35.2 Å². The maximum absolute atomic E-state index is 6.32. The molecule has 1 aliphatic carbocycles. The molecule has 100 valence electrons. The Morgan fingerprint density at radius 2 is 2.00 bits per heavy atom. The average Bonchev–Trinajstić information content (AvgIpc) is 2.31. The minimum Gasteiger partial charge on any atom is -0.376 e. The Morgan fingerprint density at radius 3 is 2.72 bits per heavy atom. The van der Waals surface area contributed by atoms with Gasteiger partial charge in [0, 0.05) is 6.61 Å². The summed E-state index contributed by atoms with van der Waals surface area (Å²) in [6.45, 7) is 7.54. The molecule has 0 radical (unpaired) electrons. The fourth-order valence-electron chi connectivity index (χ4n) is 2.47. The van der Waals surface area contributed by atoms with Crippen LogP contribution in [0.4, 0.5) is 0 Å². The van der Waals surface area contributed by atoms with E-state index in [9.17, 15) is 0 Å². The van der Waals surface area contributed by atoms with Gasteiger partial charge in [-0.1, -0.05) is 45.0 Å². The Kier molecular flexibility index (Phi) is 4.08. The highest BCUT2D eigenvalue weighted by Gasteiger charge is 2.27. The van der Waals surface area contributed by atoms with E-state index in [1.165, 1.54) is 11.1 Å². The minimum atomic E-state index is 0.0370. The number of ether oxygens (including phenoxy) is 1. The van der Waals surface area contributed by atoms with Gasteiger partial charge in [-0.3, -0.25) is 0 Å². The van der Waals surface area contributed by atoms with Gasteiger partial charge in [-0.15, -0.1) is 0 Å². The Morgan fingerprint density at radius 1 is 1.28 bits per heavy atom. The second-order valence-corrected chi connectivity index (χ2v) is 6.48. The van der Waals surface area contributed by atoms with Crippen LogP contribution < -0.4 is 5.73 Å². The SMILES string of the molecule is CC(C)(C)CCOC1CCc2ccccc2C1N. The van der Waals surface area contributed by atoms with E-state index in [2.05, 4.69) is 45.0 Å². The molecular formula is C16H25NO. The molecule has 0 spiro atoms. The monoisotopic (exact) mass is 247 g/mol. The van der Waals surface area contributed by atoms with Crippen molar-refractivity contribution >= 4 is 0 Å². The Balaban J connectivity index is 1.93. The maximum Gasteiger partial charge on any atom is 0.0770 e. The molecular weight excluding hydrogens is 222 g/mol. The smallest absolute Gasteiger partial charge is 0.0770 e. The van der Waals surface area contributed by atoms with Crippen molar-refractivity contribution in [2.24, 2.45) is 11.1 Å². The van der Waals surface area contributed by atoms with Crippen LogP contribution in [0.15, 0.2) is 24.3 Å². The molecule has 0 saturated heterocycles. The Hall–Kier alpha value is -0.860. The first kappa shape index (κ1) is 13.6. The quantitative estimate of drug-likeness (QED) is 0.888. The maximum atomic E-state index is 6.32. The molecule has 2 rings (SSSR count). The second-order valence-electron chi connectivity index (χ2n) is 6.48. The molecule has 2 atom stereocenters. The molecule has 2 nitrogen and oxygen atoms in total. The number of nitrogens with two attached hydrogens (primary N) is 1. The van der Waals surface area contributed by atoms with E-state index in [1.807, 2.05) is 0 Å². The van der Waals surface area contributed by atoms with Gasteiger partial charge in [0.05, 0.1) is 12.1 Å². The van der Waals surface area contributed by atoms with Crippen molar-refractivity contribution in [1.29, 1.82) is 0 Å². The molecule has 1 aliphatic rings. The van der Waals surface area contributed by atoms with Crippen LogP contribution in [-0.2, 0) is 11.2 Å². The molecule has 0 bridgehead atoms. The molecule has 2 heteroatoms. The van der Waals surface area contributed by atoms with Gasteiger partial charge >= 0.3 is 0 Å². The summed E-state index contributed by atoms with van der Waals surface area (Å²) in [4.78, 5) is 0. The third kappa shape index (κ3) is 3.33. The van der Waals surface area contributed by atoms with Crippen LogP contribution in [0.3, 0.4) is 0 Å². The van der Waals surface area contributed by atoms with Gasteiger partial charge in [-0.25, -0.2) is 0 Å². The van der Waals surface area contributed by atoms with E-state index in [0.29, 0.717) is 5.41 Å². The molecule has 0 amide bonds. The summed E-state index contributed by atoms with van der Waals surface area (Å²) < 4.78 is 6.00. The minimum absolute atomic E-state index is 0.0370. The lowest BCUT2D eigenvalue weighted by Crippen LogP contribution is -2.34. The van der Waals surface area contributed by atoms with Crippen molar-refractivity contribution in [2.75, 3.05) is 6.61 Å². The Labute approximate surface area is 111 Å². The van der Waals surface area contributed by atoms with Crippen molar-refractivity contribution in [2.45, 2.75) is 52.2 Å². The predicted molar refractivity (Wildman–Crippen MR) is 75.5 cm³/mol. The molecule has 1 aromatic carbocycles. The van der Waals surface area contributed by atoms with Crippen LogP contribution in [0, 0.1) is 5.41 Å². The van der Waals surface area contributed by atoms with E-state index in [4.69, 9.17) is 10.5 Å². The number of hydrogen-bond donors (Lipinski definition) is 1. The largest absolute Gasteiger partial charge is 0.376 e. The van der Waals surface area contributed by atoms with E-state index >= 15 is 0 Å². The number of fused-ring (bicyclic) bond motifs is 1. The molecule has 0 fully saturated rings. The van der Waals surface area contributed by atoms with Crippen molar-refractivity contribution < 1.29 is 4.74 Å². The van der Waals surface area contributed by atoms with Gasteiger partial charge in [0.15, 0.2) is 0 Å². The van der Waals surface area contributed by atoms with Gasteiger partial charge in [0.1, 0.15) is 0 Å². The number of benzene rings is 1. The van der Waals surface area contributed by atoms with Crippen molar-refractivity contribution in [3.63, 3.8) is 0 Å². The number of hydrogen-bond acceptors (Lipinski definition) is 2. The van der Waals surface area contributed by atoms with E-state index in [0.717, 1.165) is 25.9 Å². The van der Waals surface area contributed by atoms with Crippen LogP contribution in [0.2, 0.25) is 0 Å². The zero-order chi connectivity index (χ0) is 13.2. The van der Waals surface area contributed by atoms with Crippen LogP contribution >= 0.6 is 0 Å². The van der Waals surface area contributed by atoms with Crippen molar-refractivity contribution in [3.05, 3.63) is 35.4 Å². The number of aryl methyl sites for hydroxylation is 1. The van der Waals surface area contributed by atoms with Crippen LogP contribution in [0.25, 0.3) is 0 Å². The molecule has 2 unspecified atom stereocenters. The average molecular weight is 247 g/mol. The second kappa shape index (κ2) is 5.41. The van der Waals surface area contributed by atoms with E-state index in [1.54, 1.807) is 0 Å². The highest BCUT2D eigenvalue weighted by atomic mass is 16.5. The summed E-state index contributed by atoms with van der Waals surface area (Å²) in [7, 11) is 0. The van der Waals surface area contributed by atoms with Gasteiger partial charge in [-0.05, 0) is 35.8 Å². The van der Waals surface area contributed by atoms with E-state index in [-0.39, 0.29) is 12.1 Å². The molecule has 2 N–H and O–H groups in total. The fourth-order valence-corrected chi connectivity index (χ4v) is 2.47. The number of rotatable bonds is 3. The van der Waals surface area contributed by atoms with Gasteiger partial charge in [-0.2, -0.15) is 0 Å². The molecule has 0 aliphatic heterocycles. The standard InChI is InChI=1S/C16H25NO/c1-16(2,3)10-11-18-14-9-8-12-6-4-5-7-13(12)15(14)17/h4-7,14-15H,8-11,17H2,1-3H3. The molecule has 0 heterocycles. The predicted octanol–water partition coefficient (Wildman–Crippen LogP) is 3.45. The normalized spacial score (nSPS) is 23.8. The summed E-state index contributed by atoms with van der Waals surface area (Å²) in [6.07, 6.45) is 3.40. The summed E-state index contributed by atoms with van der Waals surface area (Å²) in [6, 6.07) is 8.51. The lowest BCUT2D eigenvalue weighted by Gasteiger charge is -2.31. The zero-order valence-electron chi connectivity index (χ0n) is 11.8. The third-order valence-corrected chi connectivity index (χ3v) is 3.70. The zero-order valence-corrected chi connectivity index (χ0v) is 11.8. The van der Waals surface area contributed by atoms with Gasteiger partial charge in [0.25, 0.3) is 0 Å². The highest BCUT2D eigenvalue weighted by molar-refractivity contribution is 5.33. The lowest BCUT2D eigenvalue weighted by atomic mass is 9.86. The summed E-state index contributed by atoms with van der Waals surface area (Å²) in [5, 5.41) is 0. The van der Waals surface area contributed by atoms with E-state index < -0.39 is 0 Å². The van der Waals surface area contributed by atoms with Crippen LogP contribution in [-0.4, -0.2) is 12.7 Å². The summed E-state index contributed by atoms with van der Waals surface area (Å²) >= 11 is 0. The molecule has 18 heavy (non-hydrogen) atoms. The Bertz CT molecular complexity index is 394. The van der Waals surface area contributed by atoms with Crippen LogP contribution in [0.5, 0.6) is 0 Å². The first-order valence-corrected chi connectivity index (χ1v) is 6.92. The first-order chi connectivity index (χ1) is 8.47. The third-order valence-electron chi connectivity index (χ3n) is 3.70. The van der Waals surface area contributed by atoms with Crippen molar-refractivity contribution in [3.8, 4) is 0 Å². The highest BCUT2D eigenvalue weighted by Crippen LogP contribution is 2.30. The van der Waals surface area contributed by atoms with Gasteiger partial charge in [0.2, 0.25) is 0 Å². The molecule has 0 saturated carbocycles. The lowest BCUT2D eigenvalue weighted by molar-refractivity contribution is 0.0127. The summed E-state index contributed by atoms with van der Waals surface area (Å²) in [5.41, 5.74) is 9.30. The van der Waals surface area contributed by atoms with Crippen molar-refractivity contribution in [1.82, 2.24) is 0 Å². The first-order valence-electron chi connectivity index (χ1n) is 6.92. The fraction of sp³-hybridized carbons (Fsp3) is 0.625. The summed E-state index contributed by atoms with van der Waals surface area (Å²) in [5.74, 6) is 0.